The Morgan fingerprint density at radius 1 is 1.22 bits per heavy atom. The molecule has 0 amide bonds. The fourth-order valence-electron chi connectivity index (χ4n) is 4.13. The highest BCUT2D eigenvalue weighted by atomic mass is 35.5. The van der Waals surface area contributed by atoms with Gasteiger partial charge < -0.3 is 15.9 Å². The van der Waals surface area contributed by atoms with Crippen LogP contribution in [-0.4, -0.2) is 35.5 Å². The summed E-state index contributed by atoms with van der Waals surface area (Å²) < 4.78 is 29.7. The number of nitrogen functional groups attached to an aromatic ring is 1. The highest BCUT2D eigenvalue weighted by Crippen LogP contribution is 2.41. The predicted molar refractivity (Wildman–Crippen MR) is 144 cm³/mol. The molecule has 10 heteroatoms. The minimum atomic E-state index is -3.54. The van der Waals surface area contributed by atoms with Crippen molar-refractivity contribution in [3.05, 3.63) is 81.8 Å². The lowest BCUT2D eigenvalue weighted by Crippen LogP contribution is -2.31. The largest absolute Gasteiger partial charge is 0.399 e. The summed E-state index contributed by atoms with van der Waals surface area (Å²) in [7, 11) is -3.54. The van der Waals surface area contributed by atoms with Gasteiger partial charge in [0, 0.05) is 32.0 Å². The first-order chi connectivity index (χ1) is 17.1. The number of nitrogens with zero attached hydrogens (tertiary/aromatic N) is 1. The van der Waals surface area contributed by atoms with Crippen LogP contribution >= 0.6 is 22.9 Å². The SMILES string of the molecule is C[C@@](O)(CO)c1ccnc(-c2cccc3cc(C(NS(=O)(=O)C4CC4)c4cc(N)ccc4Cl)sc23)c1. The second-order valence-corrected chi connectivity index (χ2v) is 12.8. The topological polar surface area (TPSA) is 126 Å². The lowest BCUT2D eigenvalue weighted by atomic mass is 9.96. The Labute approximate surface area is 218 Å². The number of sulfonamides is 1. The summed E-state index contributed by atoms with van der Waals surface area (Å²) in [6.07, 6.45) is 2.88. The third kappa shape index (κ3) is 4.87. The van der Waals surface area contributed by atoms with Crippen LogP contribution in [0.3, 0.4) is 0 Å². The average Bonchev–Trinajstić information content (AvgIpc) is 3.64. The number of fused-ring (bicyclic) bond motifs is 1. The van der Waals surface area contributed by atoms with Gasteiger partial charge in [-0.1, -0.05) is 29.8 Å². The molecule has 5 rings (SSSR count). The number of aliphatic hydroxyl groups excluding tert-OH is 1. The molecule has 4 aromatic rings. The van der Waals surface area contributed by atoms with Gasteiger partial charge >= 0.3 is 0 Å². The highest BCUT2D eigenvalue weighted by molar-refractivity contribution is 7.90. The van der Waals surface area contributed by atoms with E-state index in [4.69, 9.17) is 17.3 Å². The summed E-state index contributed by atoms with van der Waals surface area (Å²) in [5.41, 5.74) is 7.73. The molecule has 1 aliphatic rings. The van der Waals surface area contributed by atoms with Crippen LogP contribution in [0.15, 0.2) is 60.8 Å². The van der Waals surface area contributed by atoms with Gasteiger partial charge in [-0.25, -0.2) is 13.1 Å². The first kappa shape index (κ1) is 25.1. The van der Waals surface area contributed by atoms with Crippen molar-refractivity contribution in [2.24, 2.45) is 0 Å². The summed E-state index contributed by atoms with van der Waals surface area (Å²) in [5, 5.41) is 21.1. The minimum absolute atomic E-state index is 0.393. The third-order valence-electron chi connectivity index (χ3n) is 6.39. The van der Waals surface area contributed by atoms with Crippen molar-refractivity contribution in [2.75, 3.05) is 12.3 Å². The number of benzene rings is 2. The number of nitrogens with two attached hydrogens (primary N) is 1. The first-order valence-electron chi connectivity index (χ1n) is 11.5. The Morgan fingerprint density at radius 3 is 2.72 bits per heavy atom. The summed E-state index contributed by atoms with van der Waals surface area (Å²) in [4.78, 5) is 5.27. The van der Waals surface area contributed by atoms with E-state index in [0.29, 0.717) is 40.4 Å². The van der Waals surface area contributed by atoms with Crippen molar-refractivity contribution in [2.45, 2.75) is 36.7 Å². The molecule has 0 radical (unpaired) electrons. The second kappa shape index (κ2) is 9.41. The van der Waals surface area contributed by atoms with Gasteiger partial charge in [0.05, 0.1) is 23.6 Å². The maximum atomic E-state index is 13.0. The molecule has 0 aliphatic heterocycles. The molecule has 0 saturated heterocycles. The van der Waals surface area contributed by atoms with Gasteiger partial charge in [-0.05, 0) is 72.7 Å². The van der Waals surface area contributed by atoms with E-state index in [2.05, 4.69) is 9.71 Å². The van der Waals surface area contributed by atoms with E-state index < -0.39 is 33.5 Å². The van der Waals surface area contributed by atoms with E-state index in [1.165, 1.54) is 11.3 Å². The number of rotatable bonds is 8. The number of thiophene rings is 1. The van der Waals surface area contributed by atoms with Crippen LogP contribution in [0.25, 0.3) is 21.3 Å². The molecule has 2 atom stereocenters. The molecule has 2 aromatic carbocycles. The predicted octanol–water partition coefficient (Wildman–Crippen LogP) is 4.57. The molecule has 5 N–H and O–H groups in total. The van der Waals surface area contributed by atoms with Crippen molar-refractivity contribution in [1.82, 2.24) is 9.71 Å². The first-order valence-corrected chi connectivity index (χ1v) is 14.2. The van der Waals surface area contributed by atoms with Gasteiger partial charge in [-0.3, -0.25) is 4.98 Å². The van der Waals surface area contributed by atoms with Crippen molar-refractivity contribution in [1.29, 1.82) is 0 Å². The van der Waals surface area contributed by atoms with Gasteiger partial charge in [0.1, 0.15) is 5.60 Å². The van der Waals surface area contributed by atoms with Gasteiger partial charge in [-0.15, -0.1) is 11.3 Å². The summed E-state index contributed by atoms with van der Waals surface area (Å²) >= 11 is 7.97. The Morgan fingerprint density at radius 2 is 2.00 bits per heavy atom. The van der Waals surface area contributed by atoms with Gasteiger partial charge in [0.15, 0.2) is 0 Å². The molecule has 1 aliphatic carbocycles. The number of pyridine rings is 1. The smallest absolute Gasteiger partial charge is 0.215 e. The van der Waals surface area contributed by atoms with Crippen LogP contribution in [0.4, 0.5) is 5.69 Å². The average molecular weight is 544 g/mol. The van der Waals surface area contributed by atoms with Crippen LogP contribution < -0.4 is 10.5 Å². The Bertz CT molecular complexity index is 1550. The monoisotopic (exact) mass is 543 g/mol. The van der Waals surface area contributed by atoms with Crippen molar-refractivity contribution in [3.8, 4) is 11.3 Å². The standard InChI is InChI=1S/C26H26ClN3O4S2/c1-26(32,14-31)16-9-10-29-22(12-16)19-4-2-3-15-11-23(35-25(15)19)24(30-36(33,34)18-6-7-18)20-13-17(28)5-8-21(20)27/h2-5,8-13,18,24,30-32H,6-7,14,28H2,1H3/t24?,26-/m1/s1. The van der Waals surface area contributed by atoms with Crippen molar-refractivity contribution < 1.29 is 18.6 Å². The zero-order chi connectivity index (χ0) is 25.7. The maximum absolute atomic E-state index is 13.0. The highest BCUT2D eigenvalue weighted by Gasteiger charge is 2.38. The van der Waals surface area contributed by atoms with E-state index >= 15 is 0 Å². The van der Waals surface area contributed by atoms with Crippen LogP contribution in [0.2, 0.25) is 5.02 Å². The lowest BCUT2D eigenvalue weighted by Gasteiger charge is -2.21. The Balaban J connectivity index is 1.64. The molecule has 0 spiro atoms. The van der Waals surface area contributed by atoms with Gasteiger partial charge in [0.2, 0.25) is 10.0 Å². The van der Waals surface area contributed by atoms with Crippen molar-refractivity contribution >= 4 is 48.7 Å². The maximum Gasteiger partial charge on any atom is 0.215 e. The molecular weight excluding hydrogens is 518 g/mol. The van der Waals surface area contributed by atoms with E-state index in [1.807, 2.05) is 24.3 Å². The van der Waals surface area contributed by atoms with Gasteiger partial charge in [0.25, 0.3) is 0 Å². The number of halogens is 1. The van der Waals surface area contributed by atoms with Crippen LogP contribution in [-0.2, 0) is 15.6 Å². The molecular formula is C26H26ClN3O4S2. The minimum Gasteiger partial charge on any atom is -0.399 e. The zero-order valence-electron chi connectivity index (χ0n) is 19.5. The third-order valence-corrected chi connectivity index (χ3v) is 9.90. The number of hydrogen-bond donors (Lipinski definition) is 4. The van der Waals surface area contributed by atoms with E-state index in [1.54, 1.807) is 43.5 Å². The molecule has 1 unspecified atom stereocenters. The molecule has 7 nitrogen and oxygen atoms in total. The Kier molecular flexibility index (Phi) is 6.57. The molecule has 1 saturated carbocycles. The molecule has 2 heterocycles. The normalized spacial score (nSPS) is 16.7. The molecule has 188 valence electrons. The fourth-order valence-corrected chi connectivity index (χ4v) is 7.21. The summed E-state index contributed by atoms with van der Waals surface area (Å²) in [6, 6.07) is 15.5. The quantitative estimate of drug-likeness (QED) is 0.241. The molecule has 2 aromatic heterocycles. The molecule has 1 fully saturated rings. The molecule has 0 bridgehead atoms. The molecule has 36 heavy (non-hydrogen) atoms. The zero-order valence-corrected chi connectivity index (χ0v) is 21.9. The fraction of sp³-hybridized carbons (Fsp3) is 0.269. The van der Waals surface area contributed by atoms with Crippen molar-refractivity contribution in [3.63, 3.8) is 0 Å². The second-order valence-electron chi connectivity index (χ2n) is 9.31. The number of anilines is 1. The lowest BCUT2D eigenvalue weighted by molar-refractivity contribution is -0.00230. The van der Waals surface area contributed by atoms with Crippen LogP contribution in [0.5, 0.6) is 0 Å². The Hall–Kier alpha value is -2.53. The summed E-state index contributed by atoms with van der Waals surface area (Å²) in [5.74, 6) is 0. The number of aromatic nitrogens is 1. The number of aliphatic hydroxyl groups is 2. The van der Waals surface area contributed by atoms with E-state index in [-0.39, 0.29) is 0 Å². The van der Waals surface area contributed by atoms with E-state index in [9.17, 15) is 18.6 Å². The summed E-state index contributed by atoms with van der Waals surface area (Å²) in [6.45, 7) is 1.12. The number of hydrogen-bond acceptors (Lipinski definition) is 7. The van der Waals surface area contributed by atoms with Crippen LogP contribution in [0, 0.1) is 0 Å². The van der Waals surface area contributed by atoms with Gasteiger partial charge in [-0.2, -0.15) is 0 Å². The number of nitrogens with one attached hydrogen (secondary N) is 1. The van der Waals surface area contributed by atoms with Crippen LogP contribution in [0.1, 0.15) is 41.8 Å². The van der Waals surface area contributed by atoms with E-state index in [0.717, 1.165) is 20.5 Å².